The fraction of sp³-hybridized carbons (Fsp3) is 0.318. The first-order chi connectivity index (χ1) is 14.3. The average molecular weight is 474 g/mol. The normalized spacial score (nSPS) is 10.8. The van der Waals surface area contributed by atoms with Crippen molar-refractivity contribution >= 4 is 27.6 Å². The molecule has 0 saturated carbocycles. The first kappa shape index (κ1) is 21.8. The van der Waals surface area contributed by atoms with Gasteiger partial charge >= 0.3 is 0 Å². The van der Waals surface area contributed by atoms with Crippen LogP contribution >= 0.6 is 15.9 Å². The van der Waals surface area contributed by atoms with E-state index in [0.717, 1.165) is 28.8 Å². The molecule has 0 saturated heterocycles. The van der Waals surface area contributed by atoms with E-state index in [1.54, 1.807) is 36.4 Å². The number of ketones is 1. The molecule has 3 aromatic rings. The van der Waals surface area contributed by atoms with E-state index in [-0.39, 0.29) is 24.1 Å². The van der Waals surface area contributed by atoms with Crippen molar-refractivity contribution in [1.82, 2.24) is 15.1 Å². The topological polar surface area (TPSA) is 86.4 Å². The minimum absolute atomic E-state index is 0.00554. The van der Waals surface area contributed by atoms with Gasteiger partial charge in [-0.25, -0.2) is 0 Å². The highest BCUT2D eigenvalue weighted by Crippen LogP contribution is 2.20. The molecule has 1 aromatic carbocycles. The van der Waals surface area contributed by atoms with E-state index >= 15 is 0 Å². The van der Waals surface area contributed by atoms with E-state index in [1.165, 1.54) is 6.92 Å². The lowest BCUT2D eigenvalue weighted by atomic mass is 10.1. The number of carbonyl (C=O) groups is 2. The number of benzene rings is 1. The molecule has 1 N–H and O–H groups in total. The first-order valence-corrected chi connectivity index (χ1v) is 10.4. The molecule has 3 rings (SSSR count). The van der Waals surface area contributed by atoms with Crippen LogP contribution in [0.5, 0.6) is 5.75 Å². The first-order valence-electron chi connectivity index (χ1n) is 9.65. The lowest BCUT2D eigenvalue weighted by Gasteiger charge is -2.06. The molecule has 30 heavy (non-hydrogen) atoms. The predicted octanol–water partition coefficient (Wildman–Crippen LogP) is 4.46. The number of hydrogen-bond acceptors (Lipinski definition) is 5. The SMILES string of the molecule is CC(=O)c1ccc(OCc2ccc(C(=O)NCCCn3nc(C)c(Br)c3C)o2)cc1. The molecular formula is C22H24BrN3O4. The Morgan fingerprint density at radius 1 is 1.17 bits per heavy atom. The fourth-order valence-electron chi connectivity index (χ4n) is 2.93. The Morgan fingerprint density at radius 2 is 1.90 bits per heavy atom. The van der Waals surface area contributed by atoms with Crippen molar-refractivity contribution in [2.75, 3.05) is 6.54 Å². The molecule has 7 nitrogen and oxygen atoms in total. The molecular weight excluding hydrogens is 450 g/mol. The summed E-state index contributed by atoms with van der Waals surface area (Å²) in [6.07, 6.45) is 0.757. The van der Waals surface area contributed by atoms with Crippen molar-refractivity contribution < 1.29 is 18.7 Å². The van der Waals surface area contributed by atoms with Crippen LogP contribution in [-0.4, -0.2) is 28.0 Å². The second-order valence-electron chi connectivity index (χ2n) is 6.95. The second kappa shape index (κ2) is 9.75. The largest absolute Gasteiger partial charge is 0.486 e. The van der Waals surface area contributed by atoms with E-state index in [2.05, 4.69) is 26.3 Å². The van der Waals surface area contributed by atoms with Gasteiger partial charge in [0, 0.05) is 24.3 Å². The minimum Gasteiger partial charge on any atom is -0.486 e. The molecule has 1 amide bonds. The Balaban J connectivity index is 1.44. The van der Waals surface area contributed by atoms with Crippen molar-refractivity contribution in [2.24, 2.45) is 0 Å². The van der Waals surface area contributed by atoms with Gasteiger partial charge in [-0.1, -0.05) is 0 Å². The van der Waals surface area contributed by atoms with E-state index in [4.69, 9.17) is 9.15 Å². The van der Waals surface area contributed by atoms with Crippen LogP contribution in [0.4, 0.5) is 0 Å². The Hall–Kier alpha value is -2.87. The molecule has 0 radical (unpaired) electrons. The van der Waals surface area contributed by atoms with Gasteiger partial charge in [-0.15, -0.1) is 0 Å². The molecule has 0 atom stereocenters. The van der Waals surface area contributed by atoms with Crippen LogP contribution < -0.4 is 10.1 Å². The number of nitrogens with one attached hydrogen (secondary N) is 1. The van der Waals surface area contributed by atoms with Crippen LogP contribution in [0.25, 0.3) is 0 Å². The van der Waals surface area contributed by atoms with Gasteiger partial charge in [0.15, 0.2) is 11.5 Å². The summed E-state index contributed by atoms with van der Waals surface area (Å²) in [6.45, 7) is 6.91. The summed E-state index contributed by atoms with van der Waals surface area (Å²) in [5, 5.41) is 7.31. The molecule has 8 heteroatoms. The molecule has 2 heterocycles. The maximum absolute atomic E-state index is 12.3. The van der Waals surface area contributed by atoms with Crippen LogP contribution in [0.2, 0.25) is 0 Å². The number of aryl methyl sites for hydroxylation is 2. The number of carbonyl (C=O) groups excluding carboxylic acids is 2. The number of rotatable bonds is 9. The van der Waals surface area contributed by atoms with Gasteiger partial charge in [0.05, 0.1) is 10.2 Å². The quantitative estimate of drug-likeness (QED) is 0.366. The Kier molecular flexibility index (Phi) is 7.10. The number of nitrogens with zero attached hydrogens (tertiary/aromatic N) is 2. The van der Waals surface area contributed by atoms with E-state index < -0.39 is 0 Å². The van der Waals surface area contributed by atoms with Gasteiger partial charge in [0.1, 0.15) is 18.1 Å². The summed E-state index contributed by atoms with van der Waals surface area (Å²) < 4.78 is 14.2. The number of amides is 1. The predicted molar refractivity (Wildman–Crippen MR) is 116 cm³/mol. The van der Waals surface area contributed by atoms with E-state index in [9.17, 15) is 9.59 Å². The molecule has 158 valence electrons. The summed E-state index contributed by atoms with van der Waals surface area (Å²) in [5.74, 6) is 1.16. The molecule has 0 aliphatic rings. The van der Waals surface area contributed by atoms with Crippen molar-refractivity contribution in [3.05, 3.63) is 69.3 Å². The van der Waals surface area contributed by atoms with Gasteiger partial charge in [-0.2, -0.15) is 5.10 Å². The molecule has 0 bridgehead atoms. The van der Waals surface area contributed by atoms with Crippen molar-refractivity contribution in [3.8, 4) is 5.75 Å². The smallest absolute Gasteiger partial charge is 0.286 e. The number of aromatic nitrogens is 2. The zero-order valence-electron chi connectivity index (χ0n) is 17.2. The fourth-order valence-corrected chi connectivity index (χ4v) is 3.21. The van der Waals surface area contributed by atoms with Crippen molar-refractivity contribution in [1.29, 1.82) is 0 Å². The van der Waals surface area contributed by atoms with Crippen molar-refractivity contribution in [2.45, 2.75) is 40.3 Å². The number of ether oxygens (including phenoxy) is 1. The zero-order chi connectivity index (χ0) is 21.7. The molecule has 0 spiro atoms. The van der Waals surface area contributed by atoms with E-state index in [1.807, 2.05) is 18.5 Å². The highest BCUT2D eigenvalue weighted by molar-refractivity contribution is 9.10. The Labute approximate surface area is 183 Å². The number of Topliss-reactive ketones (excluding diaryl/α,β-unsaturated/α-hetero) is 1. The third kappa shape index (κ3) is 5.38. The van der Waals surface area contributed by atoms with Crippen molar-refractivity contribution in [3.63, 3.8) is 0 Å². The molecule has 0 fully saturated rings. The summed E-state index contributed by atoms with van der Waals surface area (Å²) in [7, 11) is 0. The number of furan rings is 1. The van der Waals surface area contributed by atoms with E-state index in [0.29, 0.717) is 23.6 Å². The third-order valence-corrected chi connectivity index (χ3v) is 5.80. The van der Waals surface area contributed by atoms with Gasteiger partial charge in [-0.05, 0) is 79.5 Å². The summed E-state index contributed by atoms with van der Waals surface area (Å²) >= 11 is 3.51. The lowest BCUT2D eigenvalue weighted by Crippen LogP contribution is -2.25. The van der Waals surface area contributed by atoms with Crippen LogP contribution in [0.1, 0.15) is 51.4 Å². The molecule has 2 aromatic heterocycles. The number of halogens is 1. The van der Waals surface area contributed by atoms with Crippen LogP contribution in [0, 0.1) is 13.8 Å². The minimum atomic E-state index is -0.262. The van der Waals surface area contributed by atoms with Crippen LogP contribution in [-0.2, 0) is 13.2 Å². The van der Waals surface area contributed by atoms with Crippen LogP contribution in [0.15, 0.2) is 45.3 Å². The summed E-state index contributed by atoms with van der Waals surface area (Å²) in [6, 6.07) is 10.2. The van der Waals surface area contributed by atoms with Crippen LogP contribution in [0.3, 0.4) is 0 Å². The third-order valence-electron chi connectivity index (χ3n) is 4.65. The van der Waals surface area contributed by atoms with Gasteiger partial charge in [-0.3, -0.25) is 14.3 Å². The molecule has 0 aliphatic heterocycles. The maximum atomic E-state index is 12.3. The highest BCUT2D eigenvalue weighted by atomic mass is 79.9. The number of hydrogen-bond donors (Lipinski definition) is 1. The standard InChI is InChI=1S/C22H24BrN3O4/c1-14-21(23)15(2)26(25-14)12-4-11-24-22(28)20-10-9-19(30-20)13-29-18-7-5-17(6-8-18)16(3)27/h5-10H,4,11-13H2,1-3H3,(H,24,28). The summed E-state index contributed by atoms with van der Waals surface area (Å²) in [4.78, 5) is 23.6. The Bertz CT molecular complexity index is 1040. The molecule has 0 aliphatic carbocycles. The average Bonchev–Trinajstić information content (AvgIpc) is 3.30. The van der Waals surface area contributed by atoms with Gasteiger partial charge in [0.2, 0.25) is 0 Å². The highest BCUT2D eigenvalue weighted by Gasteiger charge is 2.12. The van der Waals surface area contributed by atoms with Gasteiger partial charge < -0.3 is 14.5 Å². The second-order valence-corrected chi connectivity index (χ2v) is 7.75. The van der Waals surface area contributed by atoms with Gasteiger partial charge in [0.25, 0.3) is 5.91 Å². The zero-order valence-corrected chi connectivity index (χ0v) is 18.8. The Morgan fingerprint density at radius 3 is 2.53 bits per heavy atom. The monoisotopic (exact) mass is 473 g/mol. The maximum Gasteiger partial charge on any atom is 0.286 e. The molecule has 0 unspecified atom stereocenters. The lowest BCUT2D eigenvalue weighted by molar-refractivity contribution is 0.0920. The summed E-state index contributed by atoms with van der Waals surface area (Å²) in [5.41, 5.74) is 2.66.